The van der Waals surface area contributed by atoms with Crippen molar-refractivity contribution in [3.8, 4) is 5.75 Å². The molecule has 0 spiro atoms. The number of aliphatic hydroxyl groups excluding tert-OH is 2. The standard InChI is InChI=1S/C27H34N2O6/c1-12-20-14(8-15-10-19(30)22(26(28)34)25(33)27(15,35)24(20)32)9-17-18(29(2)3)11-16(23(31)21(12)17)13-6-4-5-7-13/h11,13-15,20,24,30-32,35H,1,4-10H2,2-3H3,(H2,28,34)/t14-,15+,20?,24?,27+/m1/s1. The number of rotatable bonds is 3. The lowest BCUT2D eigenvalue weighted by Crippen LogP contribution is -2.65. The summed E-state index contributed by atoms with van der Waals surface area (Å²) in [4.78, 5) is 27.1. The number of benzene rings is 1. The van der Waals surface area contributed by atoms with Gasteiger partial charge in [0.15, 0.2) is 5.60 Å². The van der Waals surface area contributed by atoms with Gasteiger partial charge in [-0.1, -0.05) is 19.4 Å². The molecule has 1 aromatic carbocycles. The van der Waals surface area contributed by atoms with Gasteiger partial charge in [0.2, 0.25) is 5.78 Å². The monoisotopic (exact) mass is 482 g/mol. The third-order valence-electron chi connectivity index (χ3n) is 8.95. The summed E-state index contributed by atoms with van der Waals surface area (Å²) < 4.78 is 0. The average molecular weight is 483 g/mol. The number of ketones is 1. The number of allylic oxidation sites excluding steroid dienone is 1. The molecule has 6 N–H and O–H groups in total. The molecule has 5 rings (SSSR count). The van der Waals surface area contributed by atoms with E-state index in [9.17, 15) is 30.0 Å². The number of primary amides is 1. The topological polar surface area (TPSA) is 144 Å². The fourth-order valence-electron chi connectivity index (χ4n) is 7.28. The Bertz CT molecular complexity index is 1160. The lowest BCUT2D eigenvalue weighted by molar-refractivity contribution is -0.181. The van der Waals surface area contributed by atoms with Gasteiger partial charge in [-0.2, -0.15) is 0 Å². The summed E-state index contributed by atoms with van der Waals surface area (Å²) in [6.45, 7) is 4.27. The molecule has 8 nitrogen and oxygen atoms in total. The first-order chi connectivity index (χ1) is 16.5. The molecule has 35 heavy (non-hydrogen) atoms. The van der Waals surface area contributed by atoms with Crippen LogP contribution < -0.4 is 10.6 Å². The second-order valence-electron chi connectivity index (χ2n) is 11.0. The Balaban J connectivity index is 1.63. The van der Waals surface area contributed by atoms with Crippen molar-refractivity contribution < 1.29 is 30.0 Å². The van der Waals surface area contributed by atoms with E-state index in [-0.39, 0.29) is 24.0 Å². The molecular formula is C27H34N2O6. The molecule has 2 unspecified atom stereocenters. The molecule has 188 valence electrons. The van der Waals surface area contributed by atoms with Crippen molar-refractivity contribution in [2.75, 3.05) is 19.0 Å². The van der Waals surface area contributed by atoms with Gasteiger partial charge in [-0.3, -0.25) is 9.59 Å². The molecule has 2 saturated carbocycles. The zero-order valence-electron chi connectivity index (χ0n) is 20.3. The summed E-state index contributed by atoms with van der Waals surface area (Å²) >= 11 is 0. The first-order valence-electron chi connectivity index (χ1n) is 12.4. The Kier molecular flexibility index (Phi) is 5.53. The van der Waals surface area contributed by atoms with Crippen LogP contribution in [0.4, 0.5) is 5.69 Å². The fourth-order valence-corrected chi connectivity index (χ4v) is 7.28. The molecule has 5 atom stereocenters. The van der Waals surface area contributed by atoms with Crippen molar-refractivity contribution in [1.29, 1.82) is 0 Å². The highest BCUT2D eigenvalue weighted by Gasteiger charge is 2.62. The zero-order chi connectivity index (χ0) is 25.4. The van der Waals surface area contributed by atoms with Gasteiger partial charge in [-0.05, 0) is 60.3 Å². The van der Waals surface area contributed by atoms with E-state index in [2.05, 4.69) is 12.6 Å². The van der Waals surface area contributed by atoms with Crippen LogP contribution in [0.5, 0.6) is 5.75 Å². The summed E-state index contributed by atoms with van der Waals surface area (Å²) in [5, 5.41) is 44.8. The van der Waals surface area contributed by atoms with E-state index < -0.39 is 46.6 Å². The molecule has 4 aliphatic carbocycles. The molecule has 1 aromatic rings. The fraction of sp³-hybridized carbons (Fsp3) is 0.556. The van der Waals surface area contributed by atoms with Crippen molar-refractivity contribution in [2.24, 2.45) is 23.5 Å². The molecule has 4 aliphatic rings. The molecule has 0 saturated heterocycles. The number of hydrogen-bond donors (Lipinski definition) is 5. The summed E-state index contributed by atoms with van der Waals surface area (Å²) in [5.41, 5.74) is 6.30. The van der Waals surface area contributed by atoms with Crippen molar-refractivity contribution in [1.82, 2.24) is 0 Å². The smallest absolute Gasteiger partial charge is 0.255 e. The van der Waals surface area contributed by atoms with E-state index in [0.29, 0.717) is 24.0 Å². The minimum atomic E-state index is -2.26. The third-order valence-corrected chi connectivity index (χ3v) is 8.95. The molecule has 2 fully saturated rings. The van der Waals surface area contributed by atoms with Gasteiger partial charge in [0.05, 0.1) is 6.10 Å². The first-order valence-corrected chi connectivity index (χ1v) is 12.4. The van der Waals surface area contributed by atoms with Crippen molar-refractivity contribution in [3.63, 3.8) is 0 Å². The van der Waals surface area contributed by atoms with Crippen LogP contribution in [0, 0.1) is 17.8 Å². The maximum Gasteiger partial charge on any atom is 0.255 e. The molecule has 0 radical (unpaired) electrons. The summed E-state index contributed by atoms with van der Waals surface area (Å²) in [6.07, 6.45) is 3.42. The third kappa shape index (κ3) is 3.26. The molecular weight excluding hydrogens is 448 g/mol. The molecule has 0 heterocycles. The number of amides is 1. The first kappa shape index (κ1) is 23.9. The van der Waals surface area contributed by atoms with E-state index >= 15 is 0 Å². The lowest BCUT2D eigenvalue weighted by Gasteiger charge is -2.53. The molecule has 0 bridgehead atoms. The quantitative estimate of drug-likeness (QED) is 0.416. The van der Waals surface area contributed by atoms with Crippen molar-refractivity contribution >= 4 is 23.0 Å². The maximum absolute atomic E-state index is 13.2. The molecule has 0 aromatic heterocycles. The van der Waals surface area contributed by atoms with Crippen LogP contribution >= 0.6 is 0 Å². The van der Waals surface area contributed by atoms with Gasteiger partial charge in [-0.25, -0.2) is 0 Å². The molecule has 1 amide bonds. The van der Waals surface area contributed by atoms with Gasteiger partial charge in [-0.15, -0.1) is 0 Å². The predicted molar refractivity (Wildman–Crippen MR) is 131 cm³/mol. The molecule has 0 aliphatic heterocycles. The second-order valence-corrected chi connectivity index (χ2v) is 11.0. The Morgan fingerprint density at radius 1 is 1.20 bits per heavy atom. The largest absolute Gasteiger partial charge is 0.511 e. The highest BCUT2D eigenvalue weighted by Crippen LogP contribution is 2.57. The number of phenols is 1. The Hall–Kier alpha value is -2.84. The number of aromatic hydroxyl groups is 1. The van der Waals surface area contributed by atoms with E-state index in [1.807, 2.05) is 19.0 Å². The van der Waals surface area contributed by atoms with Crippen molar-refractivity contribution in [3.05, 3.63) is 40.7 Å². The van der Waals surface area contributed by atoms with E-state index in [4.69, 9.17) is 5.73 Å². The normalized spacial score (nSPS) is 32.8. The van der Waals surface area contributed by atoms with Crippen LogP contribution in [0.3, 0.4) is 0 Å². The maximum atomic E-state index is 13.2. The van der Waals surface area contributed by atoms with Crippen LogP contribution in [0.15, 0.2) is 24.0 Å². The van der Waals surface area contributed by atoms with Crippen LogP contribution in [-0.2, 0) is 16.0 Å². The van der Waals surface area contributed by atoms with Gasteiger partial charge in [0.25, 0.3) is 5.91 Å². The number of nitrogens with zero attached hydrogens (tertiary/aromatic N) is 1. The van der Waals surface area contributed by atoms with Crippen LogP contribution in [0.1, 0.15) is 61.1 Å². The number of phenolic OH excluding ortho intramolecular Hbond substituents is 1. The summed E-state index contributed by atoms with van der Waals surface area (Å²) in [5.74, 6) is -3.81. The van der Waals surface area contributed by atoms with Gasteiger partial charge in [0, 0.05) is 43.6 Å². The lowest BCUT2D eigenvalue weighted by atomic mass is 9.54. The average Bonchev–Trinajstić information content (AvgIpc) is 3.30. The number of carbonyl (C=O) groups excluding carboxylic acids is 2. The van der Waals surface area contributed by atoms with E-state index in [0.717, 1.165) is 42.5 Å². The SMILES string of the molecule is C=C1c2c(O)c(C3CCCC3)cc(N(C)C)c2C[C@H]2C[C@H]3CC(O)=C(C(N)=O)C(=O)[C@@]3(O)C(O)C12. The van der Waals surface area contributed by atoms with Gasteiger partial charge in [0.1, 0.15) is 17.1 Å². The van der Waals surface area contributed by atoms with Crippen LogP contribution in [0.25, 0.3) is 5.57 Å². The highest BCUT2D eigenvalue weighted by molar-refractivity contribution is 6.23. The molecule has 8 heteroatoms. The van der Waals surface area contributed by atoms with Crippen molar-refractivity contribution in [2.45, 2.75) is 62.6 Å². The van der Waals surface area contributed by atoms with Gasteiger partial charge >= 0.3 is 0 Å². The number of fused-ring (bicyclic) bond motifs is 3. The number of aliphatic hydroxyl groups is 3. The minimum Gasteiger partial charge on any atom is -0.511 e. The van der Waals surface area contributed by atoms with Crippen LogP contribution in [0.2, 0.25) is 0 Å². The number of carbonyl (C=O) groups is 2. The number of hydrogen-bond acceptors (Lipinski definition) is 7. The number of anilines is 1. The zero-order valence-corrected chi connectivity index (χ0v) is 20.3. The summed E-state index contributed by atoms with van der Waals surface area (Å²) in [6, 6.07) is 2.07. The van der Waals surface area contributed by atoms with E-state index in [1.165, 1.54) is 0 Å². The van der Waals surface area contributed by atoms with Gasteiger partial charge < -0.3 is 31.1 Å². The number of nitrogens with two attached hydrogens (primary N) is 1. The minimum absolute atomic E-state index is 0.119. The summed E-state index contributed by atoms with van der Waals surface area (Å²) in [7, 11) is 3.92. The Morgan fingerprint density at radius 2 is 1.86 bits per heavy atom. The second kappa shape index (κ2) is 8.10. The van der Waals surface area contributed by atoms with Crippen LogP contribution in [-0.4, -0.2) is 57.9 Å². The highest BCUT2D eigenvalue weighted by atomic mass is 16.4. The number of Topliss-reactive ketones (excluding diaryl/α,β-unsaturated/α-hetero) is 1. The Labute approximate surface area is 204 Å². The Morgan fingerprint density at radius 3 is 2.46 bits per heavy atom. The predicted octanol–water partition coefficient (Wildman–Crippen LogP) is 2.30. The van der Waals surface area contributed by atoms with E-state index in [1.54, 1.807) is 0 Å².